The maximum atomic E-state index is 13.7. The van der Waals surface area contributed by atoms with Gasteiger partial charge in [-0.05, 0) is 98.5 Å². The van der Waals surface area contributed by atoms with E-state index in [9.17, 15) is 9.59 Å². The molecule has 0 unspecified atom stereocenters. The number of hydrogen-bond acceptors (Lipinski definition) is 8. The number of fused-ring (bicyclic) bond motifs is 8. The van der Waals surface area contributed by atoms with Crippen LogP contribution >= 0.6 is 0 Å². The van der Waals surface area contributed by atoms with E-state index in [-0.39, 0.29) is 23.7 Å². The summed E-state index contributed by atoms with van der Waals surface area (Å²) in [6, 6.07) is 13.0. The van der Waals surface area contributed by atoms with Crippen LogP contribution < -0.4 is 34.4 Å². The van der Waals surface area contributed by atoms with Gasteiger partial charge in [0, 0.05) is 13.1 Å². The van der Waals surface area contributed by atoms with Gasteiger partial charge in [0.2, 0.25) is 11.8 Å². The molecule has 46 heavy (non-hydrogen) atoms. The minimum Gasteiger partial charge on any atom is -0.370 e. The summed E-state index contributed by atoms with van der Waals surface area (Å²) in [6.07, 6.45) is 9.25. The molecule has 3 aromatic rings. The largest absolute Gasteiger partial charge is 0.370 e. The summed E-state index contributed by atoms with van der Waals surface area (Å²) in [7, 11) is 0. The van der Waals surface area contributed by atoms with E-state index in [1.807, 2.05) is 72.8 Å². The molecule has 0 aliphatic carbocycles. The van der Waals surface area contributed by atoms with Gasteiger partial charge in [0.25, 0.3) is 0 Å². The quantitative estimate of drug-likeness (QED) is 0.0746. The Bertz CT molecular complexity index is 1700. The number of rotatable bonds is 10. The summed E-state index contributed by atoms with van der Waals surface area (Å²) in [5.41, 5.74) is 39.3. The van der Waals surface area contributed by atoms with E-state index in [1.54, 1.807) is 9.13 Å². The van der Waals surface area contributed by atoms with E-state index < -0.39 is 12.1 Å². The molecule has 0 fully saturated rings. The van der Waals surface area contributed by atoms with Gasteiger partial charge in [0.05, 0.1) is 56.9 Å². The molecule has 0 spiro atoms. The van der Waals surface area contributed by atoms with Crippen molar-refractivity contribution in [2.75, 3.05) is 13.1 Å². The number of guanidine groups is 2. The Kier molecular flexibility index (Phi) is 9.69. The third-order valence-electron chi connectivity index (χ3n) is 7.44. The predicted molar refractivity (Wildman–Crippen MR) is 183 cm³/mol. The summed E-state index contributed by atoms with van der Waals surface area (Å²) in [5.74, 6) is -0.559. The fourth-order valence-corrected chi connectivity index (χ4v) is 5.23. The molecule has 3 aromatic heterocycles. The SMILES string of the molecule is NC(N)=NCCC[C@H](N)C(=O)n1c2ccc1cc1nc(cc3ccc(cc4nc(c2)C=C4)n3C(=O)[C@@H](N)CCCN=C(N)N)C=C1. The maximum Gasteiger partial charge on any atom is 0.248 e. The van der Waals surface area contributed by atoms with Crippen molar-refractivity contribution in [3.05, 3.63) is 71.3 Å². The van der Waals surface area contributed by atoms with Gasteiger partial charge in [-0.2, -0.15) is 0 Å². The van der Waals surface area contributed by atoms with Crippen molar-refractivity contribution in [3.63, 3.8) is 0 Å². The number of carbonyl (C=O) groups is 2. The molecular weight excluding hydrogens is 584 g/mol. The minimum absolute atomic E-state index is 0.00386. The lowest BCUT2D eigenvalue weighted by atomic mass is 10.1. The number of nitrogens with two attached hydrogens (primary N) is 6. The van der Waals surface area contributed by atoms with Crippen LogP contribution in [0.25, 0.3) is 46.4 Å². The zero-order chi connectivity index (χ0) is 32.8. The van der Waals surface area contributed by atoms with Crippen molar-refractivity contribution < 1.29 is 9.59 Å². The highest BCUT2D eigenvalue weighted by molar-refractivity contribution is 5.95. The highest BCUT2D eigenvalue weighted by Gasteiger charge is 2.20. The van der Waals surface area contributed by atoms with Gasteiger partial charge in [-0.1, -0.05) is 0 Å². The molecular formula is C32H38N12O2. The predicted octanol–water partition coefficient (Wildman–Crippen LogP) is 1.64. The van der Waals surface area contributed by atoms with Gasteiger partial charge in [-0.3, -0.25) is 28.7 Å². The van der Waals surface area contributed by atoms with Crippen molar-refractivity contribution >= 4 is 70.1 Å². The lowest BCUT2D eigenvalue weighted by Crippen LogP contribution is -2.34. The number of aromatic nitrogens is 4. The number of nitrogens with zero attached hydrogens (tertiary/aromatic N) is 6. The third kappa shape index (κ3) is 7.54. The fourth-order valence-electron chi connectivity index (χ4n) is 5.23. The van der Waals surface area contributed by atoms with Gasteiger partial charge in [0.15, 0.2) is 11.9 Å². The van der Waals surface area contributed by atoms with E-state index in [0.29, 0.717) is 83.6 Å². The Hall–Kier alpha value is -5.60. The molecule has 0 saturated carbocycles. The first-order valence-electron chi connectivity index (χ1n) is 14.9. The normalized spacial score (nSPS) is 13.3. The Labute approximate surface area is 265 Å². The Morgan fingerprint density at radius 1 is 0.587 bits per heavy atom. The van der Waals surface area contributed by atoms with Gasteiger partial charge in [0.1, 0.15) is 0 Å². The Morgan fingerprint density at radius 3 is 1.17 bits per heavy atom. The van der Waals surface area contributed by atoms with Crippen molar-refractivity contribution in [2.45, 2.75) is 37.8 Å². The van der Waals surface area contributed by atoms with Crippen LogP contribution in [-0.4, -0.2) is 68.0 Å². The summed E-state index contributed by atoms with van der Waals surface area (Å²) in [4.78, 5) is 44.8. The van der Waals surface area contributed by atoms with E-state index in [2.05, 4.69) is 9.98 Å². The zero-order valence-electron chi connectivity index (χ0n) is 25.3. The zero-order valence-corrected chi connectivity index (χ0v) is 25.3. The van der Waals surface area contributed by atoms with Crippen molar-refractivity contribution in [1.82, 2.24) is 19.1 Å². The average Bonchev–Trinajstić information content (AvgIpc) is 3.81. The van der Waals surface area contributed by atoms with E-state index in [4.69, 9.17) is 44.4 Å². The minimum atomic E-state index is -0.782. The molecule has 12 N–H and O–H groups in total. The van der Waals surface area contributed by atoms with Gasteiger partial charge < -0.3 is 34.4 Å². The first kappa shape index (κ1) is 31.8. The second kappa shape index (κ2) is 14.0. The van der Waals surface area contributed by atoms with Crippen LogP contribution in [-0.2, 0) is 0 Å². The van der Waals surface area contributed by atoms with Crippen LogP contribution in [0.5, 0.6) is 0 Å². The molecule has 238 valence electrons. The molecule has 2 aliphatic rings. The molecule has 0 amide bonds. The second-order valence-electron chi connectivity index (χ2n) is 11.0. The highest BCUT2D eigenvalue weighted by Crippen LogP contribution is 2.22. The molecule has 0 saturated heterocycles. The van der Waals surface area contributed by atoms with Crippen molar-refractivity contribution in [3.8, 4) is 0 Å². The monoisotopic (exact) mass is 622 g/mol. The average molecular weight is 623 g/mol. The molecule has 14 heteroatoms. The molecule has 14 nitrogen and oxygen atoms in total. The number of carbonyl (C=O) groups excluding carboxylic acids is 2. The molecule has 0 aromatic carbocycles. The van der Waals surface area contributed by atoms with Crippen molar-refractivity contribution in [2.24, 2.45) is 44.4 Å². The smallest absolute Gasteiger partial charge is 0.248 e. The van der Waals surface area contributed by atoms with Crippen LogP contribution in [0.4, 0.5) is 0 Å². The van der Waals surface area contributed by atoms with Crippen molar-refractivity contribution in [1.29, 1.82) is 0 Å². The maximum absolute atomic E-state index is 13.7. The van der Waals surface area contributed by atoms with E-state index >= 15 is 0 Å². The second-order valence-corrected chi connectivity index (χ2v) is 11.0. The van der Waals surface area contributed by atoms with Gasteiger partial charge in [-0.15, -0.1) is 0 Å². The lowest BCUT2D eigenvalue weighted by Gasteiger charge is -2.12. The summed E-state index contributed by atoms with van der Waals surface area (Å²) in [5, 5.41) is 0. The molecule has 5 heterocycles. The van der Waals surface area contributed by atoms with Crippen LogP contribution in [0.3, 0.4) is 0 Å². The van der Waals surface area contributed by atoms with Crippen LogP contribution in [0, 0.1) is 0 Å². The van der Waals surface area contributed by atoms with Crippen LogP contribution in [0.1, 0.15) is 58.0 Å². The van der Waals surface area contributed by atoms with Crippen LogP contribution in [0.2, 0.25) is 0 Å². The molecule has 5 rings (SSSR count). The Balaban J connectivity index is 1.60. The third-order valence-corrected chi connectivity index (χ3v) is 7.44. The molecule has 2 aliphatic heterocycles. The first-order chi connectivity index (χ1) is 22.1. The first-order valence-corrected chi connectivity index (χ1v) is 14.9. The summed E-state index contributed by atoms with van der Waals surface area (Å²) in [6.45, 7) is 0.753. The number of aliphatic imine (C=N–C) groups is 2. The van der Waals surface area contributed by atoms with Gasteiger partial charge in [-0.25, -0.2) is 9.97 Å². The van der Waals surface area contributed by atoms with Crippen LogP contribution in [0.15, 0.2) is 58.5 Å². The summed E-state index contributed by atoms with van der Waals surface area (Å²) >= 11 is 0. The Morgan fingerprint density at radius 2 is 0.891 bits per heavy atom. The fraction of sp³-hybridized carbons (Fsp3) is 0.250. The lowest BCUT2D eigenvalue weighted by molar-refractivity contribution is 0.0877. The molecule has 8 bridgehead atoms. The van der Waals surface area contributed by atoms with Gasteiger partial charge >= 0.3 is 0 Å². The topological polar surface area (TPSA) is 251 Å². The molecule has 2 atom stereocenters. The highest BCUT2D eigenvalue weighted by atomic mass is 16.2. The van der Waals surface area contributed by atoms with E-state index in [0.717, 1.165) is 0 Å². The molecule has 0 radical (unpaired) electrons. The standard InChI is InChI=1S/C32H38N12O2/c33-27(3-1-13-39-31(35)36)29(45)43-23-9-10-24(43)16-20-6-8-22(42-20)18-26-12-11-25(17-21-7-5-19(15-23)41-21)44(26)30(46)28(34)4-2-14-40-32(37)38/h5-12,15-18,27-28H,1-4,13-14,33-34H2,(H4,35,36,39)(H4,37,38,40)/t27-,28-/m0/s1. The number of hydrogen-bond donors (Lipinski definition) is 6. The summed E-state index contributed by atoms with van der Waals surface area (Å²) < 4.78 is 3.16. The van der Waals surface area contributed by atoms with E-state index in [1.165, 1.54) is 0 Å².